The Labute approximate surface area is 184 Å². The Balaban J connectivity index is 1.63. The van der Waals surface area contributed by atoms with Gasteiger partial charge in [0.1, 0.15) is 5.75 Å². The number of nitrogens with zero attached hydrogens (tertiary/aromatic N) is 1. The van der Waals surface area contributed by atoms with Crippen molar-refractivity contribution in [1.29, 1.82) is 0 Å². The van der Waals surface area contributed by atoms with Gasteiger partial charge in [-0.05, 0) is 67.3 Å². The minimum atomic E-state index is -4.68. The number of anilines is 1. The van der Waals surface area contributed by atoms with Crippen molar-refractivity contribution in [3.63, 3.8) is 0 Å². The first kappa shape index (κ1) is 23.2. The van der Waals surface area contributed by atoms with Gasteiger partial charge in [0, 0.05) is 23.8 Å². The van der Waals surface area contributed by atoms with Crippen LogP contribution in [0.5, 0.6) is 5.75 Å². The molecule has 1 aliphatic heterocycles. The highest BCUT2D eigenvalue weighted by atomic mass is 35.5. The SMILES string of the molecule is COc1cccc(C2CCCN(CC(OC(=O)Nc3ccc(Cl)cc3)C(F)(F)F)C2)c1. The zero-order chi connectivity index (χ0) is 22.4. The topological polar surface area (TPSA) is 50.8 Å². The molecule has 1 saturated heterocycles. The summed E-state index contributed by atoms with van der Waals surface area (Å²) in [5, 5.41) is 2.75. The van der Waals surface area contributed by atoms with E-state index < -0.39 is 24.9 Å². The highest BCUT2D eigenvalue weighted by Crippen LogP contribution is 2.31. The van der Waals surface area contributed by atoms with Crippen LogP contribution in [0.25, 0.3) is 0 Å². The number of carbonyl (C=O) groups is 1. The molecule has 1 N–H and O–H groups in total. The summed E-state index contributed by atoms with van der Waals surface area (Å²) in [5.74, 6) is 0.797. The Morgan fingerprint density at radius 3 is 2.68 bits per heavy atom. The number of alkyl halides is 3. The van der Waals surface area contributed by atoms with Crippen molar-refractivity contribution in [3.05, 3.63) is 59.1 Å². The van der Waals surface area contributed by atoms with Gasteiger partial charge >= 0.3 is 12.3 Å². The van der Waals surface area contributed by atoms with Gasteiger partial charge in [-0.1, -0.05) is 23.7 Å². The average Bonchev–Trinajstić information content (AvgIpc) is 2.74. The fourth-order valence-electron chi connectivity index (χ4n) is 3.64. The van der Waals surface area contributed by atoms with Crippen LogP contribution < -0.4 is 10.1 Å². The van der Waals surface area contributed by atoms with Crippen molar-refractivity contribution in [2.75, 3.05) is 32.1 Å². The standard InChI is InChI=1S/C22H24ClF3N2O3/c1-30-19-6-2-4-15(12-19)16-5-3-11-28(13-16)14-20(22(24,25)26)31-21(29)27-18-9-7-17(23)8-10-18/h2,4,6-10,12,16,20H,3,5,11,13-14H2,1H3,(H,27,29). The number of methoxy groups -OCH3 is 1. The Hall–Kier alpha value is -2.45. The molecule has 0 aromatic heterocycles. The molecule has 0 aliphatic carbocycles. The lowest BCUT2D eigenvalue weighted by molar-refractivity contribution is -0.207. The molecule has 2 aromatic rings. The Kier molecular flexibility index (Phi) is 7.67. The summed E-state index contributed by atoms with van der Waals surface area (Å²) in [6.45, 7) is 0.537. The van der Waals surface area contributed by atoms with Crippen LogP contribution in [-0.4, -0.2) is 50.0 Å². The molecule has 0 bridgehead atoms. The third-order valence-electron chi connectivity index (χ3n) is 5.20. The zero-order valence-corrected chi connectivity index (χ0v) is 17.7. The highest BCUT2D eigenvalue weighted by molar-refractivity contribution is 6.30. The third kappa shape index (κ3) is 6.77. The van der Waals surface area contributed by atoms with Gasteiger partial charge in [-0.2, -0.15) is 13.2 Å². The molecule has 1 amide bonds. The van der Waals surface area contributed by atoms with Gasteiger partial charge in [-0.3, -0.25) is 10.2 Å². The number of nitrogens with one attached hydrogen (secondary N) is 1. The van der Waals surface area contributed by atoms with Crippen LogP contribution in [0.4, 0.5) is 23.7 Å². The average molecular weight is 457 g/mol. The first-order valence-corrected chi connectivity index (χ1v) is 10.3. The number of amides is 1. The van der Waals surface area contributed by atoms with E-state index in [1.807, 2.05) is 24.3 Å². The Morgan fingerprint density at radius 1 is 1.26 bits per heavy atom. The van der Waals surface area contributed by atoms with E-state index in [2.05, 4.69) is 5.32 Å². The Morgan fingerprint density at radius 2 is 2.00 bits per heavy atom. The van der Waals surface area contributed by atoms with E-state index in [9.17, 15) is 18.0 Å². The second-order valence-electron chi connectivity index (χ2n) is 7.44. The minimum Gasteiger partial charge on any atom is -0.497 e. The minimum absolute atomic E-state index is 0.0839. The molecule has 2 unspecified atom stereocenters. The van der Waals surface area contributed by atoms with E-state index >= 15 is 0 Å². The maximum absolute atomic E-state index is 13.6. The number of piperidine rings is 1. The zero-order valence-electron chi connectivity index (χ0n) is 17.0. The van der Waals surface area contributed by atoms with Crippen LogP contribution in [-0.2, 0) is 4.74 Å². The van der Waals surface area contributed by atoms with Crippen LogP contribution >= 0.6 is 11.6 Å². The fourth-order valence-corrected chi connectivity index (χ4v) is 3.77. The molecule has 0 saturated carbocycles. The number of rotatable bonds is 6. The van der Waals surface area contributed by atoms with Crippen LogP contribution in [0.3, 0.4) is 0 Å². The van der Waals surface area contributed by atoms with Crippen molar-refractivity contribution in [1.82, 2.24) is 4.90 Å². The smallest absolute Gasteiger partial charge is 0.426 e. The summed E-state index contributed by atoms with van der Waals surface area (Å²) in [6.07, 6.45) is -6.45. The second-order valence-corrected chi connectivity index (χ2v) is 7.88. The van der Waals surface area contributed by atoms with E-state index in [1.165, 1.54) is 24.3 Å². The number of halogens is 4. The van der Waals surface area contributed by atoms with Gasteiger partial charge in [0.15, 0.2) is 0 Å². The number of hydrogen-bond acceptors (Lipinski definition) is 4. The lowest BCUT2D eigenvalue weighted by Crippen LogP contribution is -2.47. The van der Waals surface area contributed by atoms with Gasteiger partial charge in [0.05, 0.1) is 7.11 Å². The molecule has 3 rings (SSSR count). The first-order valence-electron chi connectivity index (χ1n) is 9.91. The van der Waals surface area contributed by atoms with Gasteiger partial charge in [-0.25, -0.2) is 4.79 Å². The number of hydrogen-bond donors (Lipinski definition) is 1. The summed E-state index contributed by atoms with van der Waals surface area (Å²) in [4.78, 5) is 13.7. The molecule has 1 aliphatic rings. The van der Waals surface area contributed by atoms with E-state index in [4.69, 9.17) is 21.1 Å². The van der Waals surface area contributed by atoms with Gasteiger partial charge in [0.25, 0.3) is 0 Å². The molecule has 2 aromatic carbocycles. The largest absolute Gasteiger partial charge is 0.497 e. The molecule has 0 radical (unpaired) electrons. The van der Waals surface area contributed by atoms with Gasteiger partial charge in [-0.15, -0.1) is 0 Å². The van der Waals surface area contributed by atoms with E-state index in [-0.39, 0.29) is 5.92 Å². The number of carbonyl (C=O) groups excluding carboxylic acids is 1. The number of likely N-dealkylation sites (tertiary alicyclic amines) is 1. The van der Waals surface area contributed by atoms with Crippen LogP contribution in [0.1, 0.15) is 24.3 Å². The normalized spacial score (nSPS) is 18.3. The molecular weight excluding hydrogens is 433 g/mol. The molecule has 9 heteroatoms. The van der Waals surface area contributed by atoms with Gasteiger partial charge in [0.2, 0.25) is 6.10 Å². The van der Waals surface area contributed by atoms with Crippen LogP contribution in [0.2, 0.25) is 5.02 Å². The number of ether oxygens (including phenoxy) is 2. The molecule has 1 heterocycles. The maximum Gasteiger partial charge on any atom is 0.426 e. The Bertz CT molecular complexity index is 877. The predicted octanol–water partition coefficient (Wildman–Crippen LogP) is 5.71. The van der Waals surface area contributed by atoms with Gasteiger partial charge < -0.3 is 9.47 Å². The summed E-state index contributed by atoms with van der Waals surface area (Å²) >= 11 is 5.77. The molecule has 31 heavy (non-hydrogen) atoms. The second kappa shape index (κ2) is 10.2. The number of benzene rings is 2. The molecule has 1 fully saturated rings. The van der Waals surface area contributed by atoms with Crippen molar-refractivity contribution < 1.29 is 27.4 Å². The predicted molar refractivity (Wildman–Crippen MR) is 113 cm³/mol. The molecular formula is C22H24ClF3N2O3. The van der Waals surface area contributed by atoms with E-state index in [0.29, 0.717) is 29.5 Å². The lowest BCUT2D eigenvalue weighted by Gasteiger charge is -2.35. The fraction of sp³-hybridized carbons (Fsp3) is 0.409. The van der Waals surface area contributed by atoms with Crippen LogP contribution in [0, 0.1) is 0 Å². The van der Waals surface area contributed by atoms with E-state index in [1.54, 1.807) is 12.0 Å². The quantitative estimate of drug-likeness (QED) is 0.605. The summed E-state index contributed by atoms with van der Waals surface area (Å²) in [6, 6.07) is 13.6. The maximum atomic E-state index is 13.6. The molecule has 0 spiro atoms. The molecule has 2 atom stereocenters. The first-order chi connectivity index (χ1) is 14.7. The summed E-state index contributed by atoms with van der Waals surface area (Å²) in [5.41, 5.74) is 1.32. The highest BCUT2D eigenvalue weighted by Gasteiger charge is 2.44. The monoisotopic (exact) mass is 456 g/mol. The molecule has 5 nitrogen and oxygen atoms in total. The third-order valence-corrected chi connectivity index (χ3v) is 5.45. The van der Waals surface area contributed by atoms with Crippen LogP contribution in [0.15, 0.2) is 48.5 Å². The van der Waals surface area contributed by atoms with Crippen molar-refractivity contribution >= 4 is 23.4 Å². The van der Waals surface area contributed by atoms with E-state index in [0.717, 1.165) is 18.4 Å². The summed E-state index contributed by atoms with van der Waals surface area (Å²) < 4.78 is 50.7. The van der Waals surface area contributed by atoms with Crippen molar-refractivity contribution in [2.45, 2.75) is 31.0 Å². The molecule has 168 valence electrons. The van der Waals surface area contributed by atoms with Crippen molar-refractivity contribution in [3.8, 4) is 5.75 Å². The summed E-state index contributed by atoms with van der Waals surface area (Å²) in [7, 11) is 1.58. The lowest BCUT2D eigenvalue weighted by atomic mass is 9.90. The van der Waals surface area contributed by atoms with Crippen molar-refractivity contribution in [2.24, 2.45) is 0 Å².